The molecule has 0 amide bonds. The second-order valence-electron chi connectivity index (χ2n) is 6.46. The Morgan fingerprint density at radius 3 is 1.93 bits per heavy atom. The first kappa shape index (κ1) is 17.5. The van der Waals surface area contributed by atoms with Gasteiger partial charge in [-0.25, -0.2) is 4.98 Å². The number of benzene rings is 3. The molecule has 3 nitrogen and oxygen atoms in total. The molecule has 28 heavy (non-hydrogen) atoms. The third-order valence-electron chi connectivity index (χ3n) is 4.59. The van der Waals surface area contributed by atoms with E-state index in [4.69, 9.17) is 4.98 Å². The van der Waals surface area contributed by atoms with Gasteiger partial charge in [-0.05, 0) is 17.2 Å². The molecule has 1 heterocycles. The first-order chi connectivity index (χ1) is 13.8. The van der Waals surface area contributed by atoms with Crippen molar-refractivity contribution in [3.05, 3.63) is 108 Å². The van der Waals surface area contributed by atoms with Gasteiger partial charge in [-0.1, -0.05) is 91.0 Å². The minimum absolute atomic E-state index is 0.557. The van der Waals surface area contributed by atoms with Crippen LogP contribution in [-0.4, -0.2) is 4.98 Å². The van der Waals surface area contributed by atoms with Gasteiger partial charge in [-0.15, -0.1) is 0 Å². The van der Waals surface area contributed by atoms with Crippen LogP contribution in [0.25, 0.3) is 22.4 Å². The van der Waals surface area contributed by atoms with E-state index < -0.39 is 0 Å². The highest BCUT2D eigenvalue weighted by molar-refractivity contribution is 5.80. The van der Waals surface area contributed by atoms with Gasteiger partial charge in [0, 0.05) is 17.7 Å². The van der Waals surface area contributed by atoms with Crippen LogP contribution >= 0.6 is 0 Å². The summed E-state index contributed by atoms with van der Waals surface area (Å²) in [5.74, 6) is 0.603. The van der Waals surface area contributed by atoms with Gasteiger partial charge >= 0.3 is 0 Å². The summed E-state index contributed by atoms with van der Waals surface area (Å²) in [4.78, 5) is 4.78. The van der Waals surface area contributed by atoms with Crippen LogP contribution in [0, 0.1) is 11.3 Å². The van der Waals surface area contributed by atoms with Crippen molar-refractivity contribution in [1.82, 2.24) is 4.98 Å². The molecule has 0 saturated heterocycles. The fourth-order valence-electron chi connectivity index (χ4n) is 3.17. The summed E-state index contributed by atoms with van der Waals surface area (Å²) >= 11 is 0. The molecular formula is C25H19N3. The van der Waals surface area contributed by atoms with Crippen LogP contribution < -0.4 is 5.32 Å². The van der Waals surface area contributed by atoms with E-state index in [9.17, 15) is 5.26 Å². The minimum atomic E-state index is 0.557. The summed E-state index contributed by atoms with van der Waals surface area (Å²) < 4.78 is 0. The number of rotatable bonds is 5. The number of nitrogens with one attached hydrogen (secondary N) is 1. The number of pyridine rings is 1. The fourth-order valence-corrected chi connectivity index (χ4v) is 3.17. The van der Waals surface area contributed by atoms with Gasteiger partial charge in [0.15, 0.2) is 0 Å². The Labute approximate surface area is 164 Å². The van der Waals surface area contributed by atoms with E-state index in [1.165, 1.54) is 0 Å². The van der Waals surface area contributed by atoms with Crippen molar-refractivity contribution in [2.75, 3.05) is 5.32 Å². The highest BCUT2D eigenvalue weighted by atomic mass is 15.0. The number of nitrogens with zero attached hydrogens (tertiary/aromatic N) is 2. The molecule has 4 aromatic rings. The van der Waals surface area contributed by atoms with Gasteiger partial charge in [0.05, 0.1) is 5.69 Å². The van der Waals surface area contributed by atoms with Crippen molar-refractivity contribution in [2.24, 2.45) is 0 Å². The van der Waals surface area contributed by atoms with E-state index in [-0.39, 0.29) is 0 Å². The molecule has 0 aliphatic rings. The van der Waals surface area contributed by atoms with Crippen molar-refractivity contribution >= 4 is 5.82 Å². The molecule has 1 aromatic heterocycles. The van der Waals surface area contributed by atoms with Crippen LogP contribution in [0.1, 0.15) is 11.1 Å². The highest BCUT2D eigenvalue weighted by Crippen LogP contribution is 2.32. The van der Waals surface area contributed by atoms with Crippen LogP contribution in [0.2, 0.25) is 0 Å². The first-order valence-electron chi connectivity index (χ1n) is 9.19. The van der Waals surface area contributed by atoms with Crippen molar-refractivity contribution in [1.29, 1.82) is 5.26 Å². The van der Waals surface area contributed by atoms with Crippen LogP contribution in [0.5, 0.6) is 0 Å². The van der Waals surface area contributed by atoms with E-state index in [1.54, 1.807) is 0 Å². The van der Waals surface area contributed by atoms with Crippen molar-refractivity contribution in [3.63, 3.8) is 0 Å². The standard InChI is InChI=1S/C25H19N3/c26-17-23-22(20-12-6-2-7-13-20)16-24(21-14-8-3-9-15-21)28-25(23)27-18-19-10-4-1-5-11-19/h1-16H,18H2,(H,27,28). The van der Waals surface area contributed by atoms with Gasteiger partial charge in [-0.2, -0.15) is 5.26 Å². The normalized spacial score (nSPS) is 10.2. The van der Waals surface area contributed by atoms with E-state index >= 15 is 0 Å². The molecule has 0 spiro atoms. The monoisotopic (exact) mass is 361 g/mol. The van der Waals surface area contributed by atoms with Crippen LogP contribution in [0.3, 0.4) is 0 Å². The van der Waals surface area contributed by atoms with Crippen LogP contribution in [0.15, 0.2) is 97.1 Å². The van der Waals surface area contributed by atoms with E-state index in [0.717, 1.165) is 27.9 Å². The third kappa shape index (κ3) is 3.77. The number of hydrogen-bond acceptors (Lipinski definition) is 3. The molecule has 0 atom stereocenters. The number of anilines is 1. The topological polar surface area (TPSA) is 48.7 Å². The Bertz CT molecular complexity index is 1100. The maximum absolute atomic E-state index is 9.89. The zero-order valence-corrected chi connectivity index (χ0v) is 15.3. The number of hydrogen-bond donors (Lipinski definition) is 1. The maximum atomic E-state index is 9.89. The van der Waals surface area contributed by atoms with Gasteiger partial charge in [0.25, 0.3) is 0 Å². The van der Waals surface area contributed by atoms with Crippen molar-refractivity contribution in [3.8, 4) is 28.5 Å². The average Bonchev–Trinajstić information content (AvgIpc) is 2.79. The molecule has 1 N–H and O–H groups in total. The summed E-state index contributed by atoms with van der Waals surface area (Å²) in [7, 11) is 0. The van der Waals surface area contributed by atoms with E-state index in [1.807, 2.05) is 84.9 Å². The lowest BCUT2D eigenvalue weighted by Crippen LogP contribution is -2.05. The summed E-state index contributed by atoms with van der Waals surface area (Å²) in [6, 6.07) is 34.5. The van der Waals surface area contributed by atoms with Gasteiger partial charge in [0.1, 0.15) is 17.5 Å². The SMILES string of the molecule is N#Cc1c(-c2ccccc2)cc(-c2ccccc2)nc1NCc1ccccc1. The summed E-state index contributed by atoms with van der Waals surface area (Å²) in [5, 5.41) is 13.3. The average molecular weight is 361 g/mol. The molecule has 0 saturated carbocycles. The zero-order valence-electron chi connectivity index (χ0n) is 15.3. The van der Waals surface area contributed by atoms with Crippen molar-refractivity contribution < 1.29 is 0 Å². The number of aromatic nitrogens is 1. The Kier molecular flexibility index (Phi) is 5.13. The first-order valence-corrected chi connectivity index (χ1v) is 9.19. The fraction of sp³-hybridized carbons (Fsp3) is 0.0400. The summed E-state index contributed by atoms with van der Waals surface area (Å²) in [6.45, 7) is 0.606. The molecule has 0 aliphatic carbocycles. The Balaban J connectivity index is 1.82. The Morgan fingerprint density at radius 1 is 0.750 bits per heavy atom. The quantitative estimate of drug-likeness (QED) is 0.481. The molecule has 0 radical (unpaired) electrons. The maximum Gasteiger partial charge on any atom is 0.145 e. The molecule has 4 rings (SSSR count). The lowest BCUT2D eigenvalue weighted by molar-refractivity contribution is 1.11. The smallest absolute Gasteiger partial charge is 0.145 e. The summed E-state index contributed by atoms with van der Waals surface area (Å²) in [6.07, 6.45) is 0. The molecule has 0 unspecified atom stereocenters. The molecule has 0 aliphatic heterocycles. The zero-order chi connectivity index (χ0) is 19.2. The van der Waals surface area contributed by atoms with E-state index in [2.05, 4.69) is 23.5 Å². The highest BCUT2D eigenvalue weighted by Gasteiger charge is 2.15. The molecule has 134 valence electrons. The Hall–Kier alpha value is -3.90. The van der Waals surface area contributed by atoms with Crippen LogP contribution in [0.4, 0.5) is 5.82 Å². The van der Waals surface area contributed by atoms with Gasteiger partial charge < -0.3 is 5.32 Å². The third-order valence-corrected chi connectivity index (χ3v) is 4.59. The van der Waals surface area contributed by atoms with E-state index in [0.29, 0.717) is 17.9 Å². The predicted molar refractivity (Wildman–Crippen MR) is 114 cm³/mol. The molecule has 3 heteroatoms. The van der Waals surface area contributed by atoms with Crippen molar-refractivity contribution in [2.45, 2.75) is 6.54 Å². The summed E-state index contributed by atoms with van der Waals surface area (Å²) in [5.41, 5.74) is 5.44. The minimum Gasteiger partial charge on any atom is -0.365 e. The van der Waals surface area contributed by atoms with Gasteiger partial charge in [-0.3, -0.25) is 0 Å². The van der Waals surface area contributed by atoms with Gasteiger partial charge in [0.2, 0.25) is 0 Å². The number of nitriles is 1. The second-order valence-corrected chi connectivity index (χ2v) is 6.46. The predicted octanol–water partition coefficient (Wildman–Crippen LogP) is 5.90. The van der Waals surface area contributed by atoms with Crippen LogP contribution in [-0.2, 0) is 6.54 Å². The molecular weight excluding hydrogens is 342 g/mol. The largest absolute Gasteiger partial charge is 0.365 e. The lowest BCUT2D eigenvalue weighted by atomic mass is 9.98. The molecule has 0 bridgehead atoms. The molecule has 3 aromatic carbocycles. The lowest BCUT2D eigenvalue weighted by Gasteiger charge is -2.14. The molecule has 0 fully saturated rings. The Morgan fingerprint density at radius 2 is 1.32 bits per heavy atom. The second kappa shape index (κ2) is 8.20.